The molecule has 1 atom stereocenters. The molecule has 0 aliphatic carbocycles. The normalized spacial score (nSPS) is 13.0. The van der Waals surface area contributed by atoms with E-state index in [1.165, 1.54) is 12.1 Å². The number of hydrogen-bond acceptors (Lipinski definition) is 5. The first kappa shape index (κ1) is 17.3. The molecule has 3 aromatic rings. The van der Waals surface area contributed by atoms with Gasteiger partial charge in [0, 0.05) is 12.1 Å². The van der Waals surface area contributed by atoms with Gasteiger partial charge in [-0.15, -0.1) is 0 Å². The third-order valence-corrected chi connectivity index (χ3v) is 4.15. The number of fused-ring (bicyclic) bond motifs is 1. The predicted octanol–water partition coefficient (Wildman–Crippen LogP) is 3.17. The van der Waals surface area contributed by atoms with Gasteiger partial charge in [0.05, 0.1) is 23.4 Å². The Labute approximate surface area is 144 Å². The number of aliphatic hydroxyl groups excluding tert-OH is 1. The van der Waals surface area contributed by atoms with Gasteiger partial charge in [0.15, 0.2) is 0 Å². The van der Waals surface area contributed by atoms with Gasteiger partial charge in [0.1, 0.15) is 11.0 Å². The quantitative estimate of drug-likeness (QED) is 0.743. The highest BCUT2D eigenvalue weighted by Gasteiger charge is 2.30. The molecule has 2 N–H and O–H groups in total. The lowest BCUT2D eigenvalue weighted by Gasteiger charge is -2.13. The van der Waals surface area contributed by atoms with Crippen molar-refractivity contribution in [3.05, 3.63) is 59.2 Å². The van der Waals surface area contributed by atoms with Crippen LogP contribution in [0.2, 0.25) is 0 Å². The topological polar surface area (TPSA) is 75.1 Å². The number of amides is 1. The van der Waals surface area contributed by atoms with Crippen LogP contribution in [-0.4, -0.2) is 26.3 Å². The molecule has 130 valence electrons. The molecule has 0 radical (unpaired) electrons. The second-order valence-electron chi connectivity index (χ2n) is 5.31. The van der Waals surface area contributed by atoms with Crippen molar-refractivity contribution in [2.45, 2.75) is 12.3 Å². The summed E-state index contributed by atoms with van der Waals surface area (Å²) in [6.45, 7) is -0.127. The maximum Gasteiger partial charge on any atom is 0.416 e. The first-order chi connectivity index (χ1) is 11.8. The molecule has 3 rings (SSSR count). The average Bonchev–Trinajstić information content (AvgIpc) is 3.06. The van der Waals surface area contributed by atoms with E-state index in [1.807, 2.05) is 0 Å². The molecule has 1 aromatic heterocycles. The lowest BCUT2D eigenvalue weighted by molar-refractivity contribution is -0.137. The van der Waals surface area contributed by atoms with Crippen LogP contribution < -0.4 is 5.32 Å². The van der Waals surface area contributed by atoms with Gasteiger partial charge >= 0.3 is 6.18 Å². The minimum atomic E-state index is -4.43. The molecule has 0 spiro atoms. The summed E-state index contributed by atoms with van der Waals surface area (Å²) in [6, 6.07) is 8.99. The maximum absolute atomic E-state index is 12.5. The zero-order chi connectivity index (χ0) is 18.0. The number of aromatic nitrogens is 2. The Bertz CT molecular complexity index is 894. The molecule has 25 heavy (non-hydrogen) atoms. The fourth-order valence-corrected chi connectivity index (χ4v) is 2.74. The summed E-state index contributed by atoms with van der Waals surface area (Å²) in [7, 11) is 0. The smallest absolute Gasteiger partial charge is 0.387 e. The van der Waals surface area contributed by atoms with Crippen LogP contribution in [0.5, 0.6) is 0 Å². The minimum Gasteiger partial charge on any atom is -0.387 e. The van der Waals surface area contributed by atoms with Crippen LogP contribution in [0, 0.1) is 0 Å². The predicted molar refractivity (Wildman–Crippen MR) is 86.2 cm³/mol. The Kier molecular flexibility index (Phi) is 4.69. The third-order valence-electron chi connectivity index (χ3n) is 3.59. The van der Waals surface area contributed by atoms with E-state index < -0.39 is 23.8 Å². The first-order valence-corrected chi connectivity index (χ1v) is 7.93. The molecule has 0 aliphatic heterocycles. The van der Waals surface area contributed by atoms with E-state index in [4.69, 9.17) is 0 Å². The second kappa shape index (κ2) is 6.77. The summed E-state index contributed by atoms with van der Waals surface area (Å²) >= 11 is 1.04. The van der Waals surface area contributed by atoms with E-state index in [0.717, 1.165) is 23.9 Å². The van der Waals surface area contributed by atoms with E-state index in [1.54, 1.807) is 18.2 Å². The highest BCUT2D eigenvalue weighted by molar-refractivity contribution is 7.00. The Morgan fingerprint density at radius 1 is 1.12 bits per heavy atom. The number of nitrogens with one attached hydrogen (secondary N) is 1. The zero-order valence-electron chi connectivity index (χ0n) is 12.6. The first-order valence-electron chi connectivity index (χ1n) is 7.20. The highest BCUT2D eigenvalue weighted by atomic mass is 32.1. The summed E-state index contributed by atoms with van der Waals surface area (Å²) in [5, 5.41) is 12.6. The number of hydrogen-bond donors (Lipinski definition) is 2. The van der Waals surface area contributed by atoms with Crippen molar-refractivity contribution >= 4 is 28.7 Å². The number of nitrogens with zero attached hydrogens (tertiary/aromatic N) is 2. The van der Waals surface area contributed by atoms with E-state index in [9.17, 15) is 23.1 Å². The van der Waals surface area contributed by atoms with Gasteiger partial charge in [-0.25, -0.2) is 0 Å². The van der Waals surface area contributed by atoms with E-state index in [2.05, 4.69) is 14.1 Å². The van der Waals surface area contributed by atoms with E-state index >= 15 is 0 Å². The van der Waals surface area contributed by atoms with Gasteiger partial charge in [-0.05, 0) is 35.9 Å². The molecule has 0 aliphatic rings. The van der Waals surface area contributed by atoms with Gasteiger partial charge in [-0.1, -0.05) is 12.1 Å². The summed E-state index contributed by atoms with van der Waals surface area (Å²) in [5.74, 6) is -0.416. The molecule has 0 unspecified atom stereocenters. The summed E-state index contributed by atoms with van der Waals surface area (Å²) in [5.41, 5.74) is 1.14. The van der Waals surface area contributed by atoms with Crippen molar-refractivity contribution in [2.24, 2.45) is 0 Å². The van der Waals surface area contributed by atoms with Crippen molar-refractivity contribution < 1.29 is 23.1 Å². The van der Waals surface area contributed by atoms with Crippen molar-refractivity contribution in [3.63, 3.8) is 0 Å². The summed E-state index contributed by atoms with van der Waals surface area (Å²) < 4.78 is 45.6. The molecule has 5 nitrogen and oxygen atoms in total. The number of aliphatic hydroxyl groups is 1. The minimum absolute atomic E-state index is 0.127. The molecule has 9 heteroatoms. The van der Waals surface area contributed by atoms with Crippen molar-refractivity contribution in [1.29, 1.82) is 0 Å². The van der Waals surface area contributed by atoms with Crippen LogP contribution in [0.1, 0.15) is 27.6 Å². The summed E-state index contributed by atoms with van der Waals surface area (Å²) in [6.07, 6.45) is -5.54. The fraction of sp³-hybridized carbons (Fsp3) is 0.188. The Balaban J connectivity index is 1.63. The number of alkyl halides is 3. The van der Waals surface area contributed by atoms with Crippen LogP contribution in [0.25, 0.3) is 11.0 Å². The standard InChI is InChI=1S/C16H12F3N3O2S/c17-16(18,19)11-4-1-9(2-5-11)14(23)8-20-15(24)10-3-6-12-13(7-10)22-25-21-12/h1-7,14,23H,8H2,(H,20,24)/t14-/m0/s1. The number of rotatable bonds is 4. The van der Waals surface area contributed by atoms with Crippen molar-refractivity contribution in [1.82, 2.24) is 14.1 Å². The highest BCUT2D eigenvalue weighted by Crippen LogP contribution is 2.29. The van der Waals surface area contributed by atoms with Crippen LogP contribution in [0.4, 0.5) is 13.2 Å². The van der Waals surface area contributed by atoms with Crippen LogP contribution >= 0.6 is 11.7 Å². The van der Waals surface area contributed by atoms with E-state index in [-0.39, 0.29) is 12.1 Å². The molecule has 0 saturated carbocycles. The van der Waals surface area contributed by atoms with Crippen LogP contribution in [-0.2, 0) is 6.18 Å². The van der Waals surface area contributed by atoms with E-state index in [0.29, 0.717) is 16.6 Å². The fourth-order valence-electron chi connectivity index (χ4n) is 2.23. The molecule has 0 saturated heterocycles. The molecule has 2 aromatic carbocycles. The Morgan fingerprint density at radius 2 is 1.80 bits per heavy atom. The number of carbonyl (C=O) groups excluding carboxylic acids is 1. The lowest BCUT2D eigenvalue weighted by Crippen LogP contribution is -2.28. The molecule has 0 bridgehead atoms. The largest absolute Gasteiger partial charge is 0.416 e. The van der Waals surface area contributed by atoms with Crippen molar-refractivity contribution in [2.75, 3.05) is 6.54 Å². The van der Waals surface area contributed by atoms with Crippen molar-refractivity contribution in [3.8, 4) is 0 Å². The maximum atomic E-state index is 12.5. The molecule has 0 fully saturated rings. The van der Waals surface area contributed by atoms with Gasteiger partial charge in [0.2, 0.25) is 0 Å². The average molecular weight is 367 g/mol. The Hall–Kier alpha value is -2.52. The number of halogens is 3. The third kappa shape index (κ3) is 3.94. The second-order valence-corrected chi connectivity index (χ2v) is 5.84. The van der Waals surface area contributed by atoms with Gasteiger partial charge in [-0.2, -0.15) is 21.9 Å². The van der Waals surface area contributed by atoms with Gasteiger partial charge in [-0.3, -0.25) is 4.79 Å². The molecule has 1 amide bonds. The lowest BCUT2D eigenvalue weighted by atomic mass is 10.1. The molecule has 1 heterocycles. The molecular weight excluding hydrogens is 355 g/mol. The number of carbonyl (C=O) groups is 1. The monoisotopic (exact) mass is 367 g/mol. The summed E-state index contributed by atoms with van der Waals surface area (Å²) in [4.78, 5) is 12.1. The van der Waals surface area contributed by atoms with Crippen LogP contribution in [0.3, 0.4) is 0 Å². The Morgan fingerprint density at radius 3 is 2.48 bits per heavy atom. The SMILES string of the molecule is O=C(NC[C@H](O)c1ccc(C(F)(F)F)cc1)c1ccc2nsnc2c1. The van der Waals surface area contributed by atoms with Crippen LogP contribution in [0.15, 0.2) is 42.5 Å². The van der Waals surface area contributed by atoms with Gasteiger partial charge < -0.3 is 10.4 Å². The number of benzene rings is 2. The zero-order valence-corrected chi connectivity index (χ0v) is 13.4. The molecular formula is C16H12F3N3O2S. The van der Waals surface area contributed by atoms with Gasteiger partial charge in [0.25, 0.3) is 5.91 Å².